The van der Waals surface area contributed by atoms with E-state index in [1.54, 1.807) is 12.1 Å². The van der Waals surface area contributed by atoms with E-state index in [1.165, 1.54) is 13.2 Å². The van der Waals surface area contributed by atoms with Gasteiger partial charge in [-0.2, -0.15) is 0 Å². The second-order valence-corrected chi connectivity index (χ2v) is 8.59. The molecule has 4 rings (SSSR count). The van der Waals surface area contributed by atoms with Crippen molar-refractivity contribution in [1.29, 1.82) is 0 Å². The van der Waals surface area contributed by atoms with Crippen molar-refractivity contribution in [2.45, 2.75) is 20.4 Å². The lowest BCUT2D eigenvalue weighted by Crippen LogP contribution is -2.27. The maximum atomic E-state index is 12.9. The van der Waals surface area contributed by atoms with Crippen LogP contribution in [0, 0.1) is 13.8 Å². The van der Waals surface area contributed by atoms with Gasteiger partial charge in [0.15, 0.2) is 0 Å². The normalized spacial score (nSPS) is 15.1. The molecule has 3 heterocycles. The molecule has 0 aliphatic carbocycles. The Morgan fingerprint density at radius 2 is 1.88 bits per heavy atom. The highest BCUT2D eigenvalue weighted by Crippen LogP contribution is 2.35. The molecule has 1 aliphatic rings. The van der Waals surface area contributed by atoms with Crippen molar-refractivity contribution in [2.24, 2.45) is 0 Å². The van der Waals surface area contributed by atoms with Crippen molar-refractivity contribution >= 4 is 46.6 Å². The molecule has 0 atom stereocenters. The molecule has 164 valence electrons. The van der Waals surface area contributed by atoms with Crippen LogP contribution in [0.4, 0.5) is 4.79 Å². The quantitative estimate of drug-likeness (QED) is 0.368. The van der Waals surface area contributed by atoms with E-state index in [9.17, 15) is 14.4 Å². The predicted octanol–water partition coefficient (Wildman–Crippen LogP) is 5.36. The minimum absolute atomic E-state index is 0.0136. The summed E-state index contributed by atoms with van der Waals surface area (Å²) in [4.78, 5) is 38.3. The number of carbonyl (C=O) groups excluding carboxylic acids is 3. The summed E-state index contributed by atoms with van der Waals surface area (Å²) in [5, 5.41) is 0.254. The van der Waals surface area contributed by atoms with Gasteiger partial charge in [0.25, 0.3) is 11.1 Å². The monoisotopic (exact) mass is 470 g/mol. The molecule has 1 fully saturated rings. The Hall–Kier alpha value is -3.23. The first-order valence-corrected chi connectivity index (χ1v) is 10.8. The van der Waals surface area contributed by atoms with Gasteiger partial charge in [-0.05, 0) is 79.7 Å². The zero-order valence-electron chi connectivity index (χ0n) is 17.5. The van der Waals surface area contributed by atoms with Gasteiger partial charge in [-0.3, -0.25) is 14.5 Å². The van der Waals surface area contributed by atoms with Crippen molar-refractivity contribution in [2.75, 3.05) is 7.11 Å². The number of aromatic nitrogens is 1. The predicted molar refractivity (Wildman–Crippen MR) is 122 cm³/mol. The van der Waals surface area contributed by atoms with Crippen LogP contribution in [0.1, 0.15) is 33.3 Å². The molecule has 0 radical (unpaired) electrons. The fourth-order valence-electron chi connectivity index (χ4n) is 3.53. The molecule has 1 aromatic carbocycles. The highest BCUT2D eigenvalue weighted by atomic mass is 35.5. The Bertz CT molecular complexity index is 1260. The number of benzene rings is 1. The van der Waals surface area contributed by atoms with Gasteiger partial charge < -0.3 is 13.7 Å². The number of furan rings is 1. The average Bonchev–Trinajstić information content (AvgIpc) is 3.42. The third-order valence-corrected chi connectivity index (χ3v) is 6.24. The first kappa shape index (κ1) is 22.0. The van der Waals surface area contributed by atoms with E-state index in [2.05, 4.69) is 9.30 Å². The number of carbonyl (C=O) groups is 3. The Labute approximate surface area is 193 Å². The van der Waals surface area contributed by atoms with Crippen LogP contribution in [0.3, 0.4) is 0 Å². The largest absolute Gasteiger partial charge is 0.463 e. The van der Waals surface area contributed by atoms with Gasteiger partial charge in [0.05, 0.1) is 18.6 Å². The van der Waals surface area contributed by atoms with Gasteiger partial charge in [0, 0.05) is 22.1 Å². The molecule has 1 aliphatic heterocycles. The molecule has 2 amide bonds. The van der Waals surface area contributed by atoms with Gasteiger partial charge in [-0.15, -0.1) is 0 Å². The highest BCUT2D eigenvalue weighted by Gasteiger charge is 2.36. The number of aryl methyl sites for hydroxylation is 1. The molecule has 0 unspecified atom stereocenters. The lowest BCUT2D eigenvalue weighted by molar-refractivity contribution is -0.123. The topological polar surface area (TPSA) is 81.8 Å². The van der Waals surface area contributed by atoms with Crippen LogP contribution >= 0.6 is 23.4 Å². The number of thioether (sulfide) groups is 1. The van der Waals surface area contributed by atoms with E-state index in [4.69, 9.17) is 16.0 Å². The zero-order chi connectivity index (χ0) is 23.0. The summed E-state index contributed by atoms with van der Waals surface area (Å²) in [7, 11) is 1.25. The van der Waals surface area contributed by atoms with Crippen LogP contribution < -0.4 is 0 Å². The van der Waals surface area contributed by atoms with Gasteiger partial charge in [-0.25, -0.2) is 4.79 Å². The third kappa shape index (κ3) is 4.11. The molecule has 0 N–H and O–H groups in total. The van der Waals surface area contributed by atoms with Crippen molar-refractivity contribution in [3.63, 3.8) is 0 Å². The number of ether oxygens (including phenoxy) is 1. The molecule has 0 spiro atoms. The molecule has 7 nitrogen and oxygen atoms in total. The van der Waals surface area contributed by atoms with Gasteiger partial charge in [0.2, 0.25) is 5.76 Å². The van der Waals surface area contributed by atoms with E-state index in [0.717, 1.165) is 39.3 Å². The summed E-state index contributed by atoms with van der Waals surface area (Å²) >= 11 is 6.87. The summed E-state index contributed by atoms with van der Waals surface area (Å²) in [6.07, 6.45) is 1.72. The van der Waals surface area contributed by atoms with Crippen LogP contribution in [-0.4, -0.2) is 33.7 Å². The Morgan fingerprint density at radius 3 is 2.56 bits per heavy atom. The standard InChI is InChI=1S/C23H19ClN2O5S/c1-13-10-15(14(2)26(13)17-6-4-16(24)5-7-17)11-20-21(27)25(23(29)32-20)12-18-8-9-19(31-18)22(28)30-3/h4-11H,12H2,1-3H3. The summed E-state index contributed by atoms with van der Waals surface area (Å²) in [5.74, 6) is -0.705. The molecule has 32 heavy (non-hydrogen) atoms. The highest BCUT2D eigenvalue weighted by molar-refractivity contribution is 8.18. The summed E-state index contributed by atoms with van der Waals surface area (Å²) in [5.41, 5.74) is 3.72. The maximum Gasteiger partial charge on any atom is 0.373 e. The number of hydrogen-bond donors (Lipinski definition) is 0. The van der Waals surface area contributed by atoms with Crippen molar-refractivity contribution in [3.8, 4) is 5.69 Å². The van der Waals surface area contributed by atoms with E-state index in [-0.39, 0.29) is 12.3 Å². The molecular weight excluding hydrogens is 452 g/mol. The fourth-order valence-corrected chi connectivity index (χ4v) is 4.48. The van der Waals surface area contributed by atoms with Gasteiger partial charge in [-0.1, -0.05) is 11.6 Å². The van der Waals surface area contributed by atoms with Crippen molar-refractivity contribution < 1.29 is 23.5 Å². The van der Waals surface area contributed by atoms with Crippen LogP contribution in [-0.2, 0) is 16.1 Å². The first-order valence-electron chi connectivity index (χ1n) is 9.65. The third-order valence-electron chi connectivity index (χ3n) is 5.08. The van der Waals surface area contributed by atoms with Crippen LogP contribution in [0.2, 0.25) is 5.02 Å². The molecular formula is C23H19ClN2O5S. The zero-order valence-corrected chi connectivity index (χ0v) is 19.1. The second-order valence-electron chi connectivity index (χ2n) is 7.16. The van der Waals surface area contributed by atoms with E-state index >= 15 is 0 Å². The Kier molecular flexibility index (Phi) is 5.99. The number of imide groups is 1. The number of methoxy groups -OCH3 is 1. The average molecular weight is 471 g/mol. The first-order chi connectivity index (χ1) is 15.3. The minimum atomic E-state index is -0.624. The molecule has 0 bridgehead atoms. The van der Waals surface area contributed by atoms with Gasteiger partial charge in [0.1, 0.15) is 5.76 Å². The van der Waals surface area contributed by atoms with Crippen LogP contribution in [0.5, 0.6) is 0 Å². The summed E-state index contributed by atoms with van der Waals surface area (Å²) < 4.78 is 12.0. The Morgan fingerprint density at radius 1 is 1.16 bits per heavy atom. The summed E-state index contributed by atoms with van der Waals surface area (Å²) in [6.45, 7) is 3.86. The molecule has 2 aromatic heterocycles. The molecule has 9 heteroatoms. The SMILES string of the molecule is COC(=O)c1ccc(CN2C(=O)SC(=Cc3cc(C)n(-c4ccc(Cl)cc4)c3C)C2=O)o1. The van der Waals surface area contributed by atoms with E-state index < -0.39 is 17.1 Å². The number of halogens is 1. The minimum Gasteiger partial charge on any atom is -0.463 e. The number of amides is 2. The number of hydrogen-bond acceptors (Lipinski definition) is 6. The second kappa shape index (κ2) is 8.72. The molecule has 1 saturated heterocycles. The van der Waals surface area contributed by atoms with E-state index in [0.29, 0.717) is 15.7 Å². The van der Waals surface area contributed by atoms with E-state index in [1.807, 2.05) is 44.2 Å². The van der Waals surface area contributed by atoms with Crippen LogP contribution in [0.15, 0.2) is 51.8 Å². The molecule has 3 aromatic rings. The van der Waals surface area contributed by atoms with Crippen molar-refractivity contribution in [1.82, 2.24) is 9.47 Å². The van der Waals surface area contributed by atoms with Gasteiger partial charge >= 0.3 is 5.97 Å². The number of rotatable bonds is 5. The van der Waals surface area contributed by atoms with Crippen molar-refractivity contribution in [3.05, 3.63) is 80.9 Å². The smallest absolute Gasteiger partial charge is 0.373 e. The fraction of sp³-hybridized carbons (Fsp3) is 0.174. The van der Waals surface area contributed by atoms with Crippen LogP contribution in [0.25, 0.3) is 11.8 Å². The summed E-state index contributed by atoms with van der Waals surface area (Å²) in [6, 6.07) is 12.4. The lowest BCUT2D eigenvalue weighted by atomic mass is 10.2. The number of esters is 1. The lowest BCUT2D eigenvalue weighted by Gasteiger charge is -2.10. The Balaban J connectivity index is 1.58. The maximum absolute atomic E-state index is 12.9. The number of nitrogens with zero attached hydrogens (tertiary/aromatic N) is 2. The molecule has 0 saturated carbocycles.